The van der Waals surface area contributed by atoms with E-state index >= 15 is 0 Å². The van der Waals surface area contributed by atoms with E-state index in [-0.39, 0.29) is 28.5 Å². The number of benzene rings is 1. The molecule has 0 bridgehead atoms. The first kappa shape index (κ1) is 15.5. The predicted octanol–water partition coefficient (Wildman–Crippen LogP) is 3.68. The van der Waals surface area contributed by atoms with Crippen LogP contribution in [0.3, 0.4) is 0 Å². The molecule has 1 aromatic carbocycles. The average Bonchev–Trinajstić information content (AvgIpc) is 2.40. The molecule has 1 aliphatic carbocycles. The Kier molecular flexibility index (Phi) is 4.30. The minimum absolute atomic E-state index is 0.0337. The number of hydrogen-bond acceptors (Lipinski definition) is 2. The first-order valence-corrected chi connectivity index (χ1v) is 7.15. The Morgan fingerprint density at radius 3 is 2.62 bits per heavy atom. The van der Waals surface area contributed by atoms with Gasteiger partial charge < -0.3 is 10.4 Å². The molecule has 5 heteroatoms. The second-order valence-corrected chi connectivity index (χ2v) is 6.28. The fraction of sp³-hybridized carbons (Fsp3) is 0.500. The molecule has 4 nitrogen and oxygen atoms in total. The van der Waals surface area contributed by atoms with Crippen LogP contribution in [0.15, 0.2) is 18.2 Å². The van der Waals surface area contributed by atoms with E-state index in [0.29, 0.717) is 0 Å². The molecule has 21 heavy (non-hydrogen) atoms. The number of amides is 1. The van der Waals surface area contributed by atoms with Crippen LogP contribution in [-0.4, -0.2) is 17.0 Å². The summed E-state index contributed by atoms with van der Waals surface area (Å²) < 4.78 is 13.9. The maximum absolute atomic E-state index is 13.9. The molecule has 1 amide bonds. The van der Waals surface area contributed by atoms with Crippen LogP contribution < -0.4 is 5.32 Å². The Morgan fingerprint density at radius 1 is 1.33 bits per heavy atom. The van der Waals surface area contributed by atoms with Crippen LogP contribution in [0.4, 0.5) is 10.1 Å². The van der Waals surface area contributed by atoms with Gasteiger partial charge in [0.15, 0.2) is 0 Å². The van der Waals surface area contributed by atoms with Gasteiger partial charge in [-0.2, -0.15) is 0 Å². The van der Waals surface area contributed by atoms with E-state index in [4.69, 9.17) is 5.11 Å². The number of carbonyl (C=O) groups excluding carboxylic acids is 1. The summed E-state index contributed by atoms with van der Waals surface area (Å²) in [6.45, 7) is 4.11. The summed E-state index contributed by atoms with van der Waals surface area (Å²) in [5.74, 6) is -2.26. The van der Waals surface area contributed by atoms with E-state index in [2.05, 4.69) is 19.2 Å². The summed E-state index contributed by atoms with van der Waals surface area (Å²) in [5, 5.41) is 11.4. The summed E-state index contributed by atoms with van der Waals surface area (Å²) in [6, 6.07) is 3.50. The lowest BCUT2D eigenvalue weighted by atomic mass is 9.68. The van der Waals surface area contributed by atoms with Crippen molar-refractivity contribution in [2.24, 2.45) is 11.3 Å². The van der Waals surface area contributed by atoms with Crippen LogP contribution in [0, 0.1) is 17.2 Å². The molecule has 1 saturated carbocycles. The van der Waals surface area contributed by atoms with Crippen molar-refractivity contribution >= 4 is 17.6 Å². The molecule has 114 valence electrons. The predicted molar refractivity (Wildman–Crippen MR) is 77.7 cm³/mol. The van der Waals surface area contributed by atoms with E-state index < -0.39 is 11.8 Å². The van der Waals surface area contributed by atoms with Crippen molar-refractivity contribution in [2.75, 3.05) is 5.32 Å². The Hall–Kier alpha value is -1.91. The van der Waals surface area contributed by atoms with Crippen molar-refractivity contribution in [1.82, 2.24) is 0 Å². The first-order valence-electron chi connectivity index (χ1n) is 7.15. The molecule has 0 aliphatic heterocycles. The van der Waals surface area contributed by atoms with Gasteiger partial charge in [-0.25, -0.2) is 9.18 Å². The molecule has 1 atom stereocenters. The number of anilines is 1. The molecule has 0 radical (unpaired) electrons. The Morgan fingerprint density at radius 2 is 2.05 bits per heavy atom. The van der Waals surface area contributed by atoms with Gasteiger partial charge >= 0.3 is 5.97 Å². The van der Waals surface area contributed by atoms with Gasteiger partial charge in [0, 0.05) is 5.92 Å². The van der Waals surface area contributed by atoms with Crippen LogP contribution in [0.2, 0.25) is 0 Å². The van der Waals surface area contributed by atoms with Crippen LogP contribution in [0.1, 0.15) is 49.9 Å². The Balaban J connectivity index is 2.14. The lowest BCUT2D eigenvalue weighted by molar-refractivity contribution is -0.124. The van der Waals surface area contributed by atoms with Crippen LogP contribution in [0.25, 0.3) is 0 Å². The number of hydrogen-bond donors (Lipinski definition) is 2. The number of aromatic carboxylic acids is 1. The first-order chi connectivity index (χ1) is 9.81. The monoisotopic (exact) mass is 293 g/mol. The maximum Gasteiger partial charge on any atom is 0.335 e. The Bertz CT molecular complexity index is 569. The smallest absolute Gasteiger partial charge is 0.335 e. The van der Waals surface area contributed by atoms with Crippen molar-refractivity contribution in [3.63, 3.8) is 0 Å². The number of carboxylic acid groups (broad SMARTS) is 1. The third-order valence-electron chi connectivity index (χ3n) is 4.30. The van der Waals surface area contributed by atoms with E-state index in [0.717, 1.165) is 31.7 Å². The molecule has 0 saturated heterocycles. The maximum atomic E-state index is 13.9. The zero-order valence-corrected chi connectivity index (χ0v) is 12.3. The highest BCUT2D eigenvalue weighted by Crippen LogP contribution is 2.41. The fourth-order valence-corrected chi connectivity index (χ4v) is 2.95. The molecule has 1 unspecified atom stereocenters. The molecule has 0 spiro atoms. The molecular weight excluding hydrogens is 273 g/mol. The summed E-state index contributed by atoms with van der Waals surface area (Å²) in [4.78, 5) is 23.1. The highest BCUT2D eigenvalue weighted by Gasteiger charge is 2.37. The highest BCUT2D eigenvalue weighted by atomic mass is 19.1. The van der Waals surface area contributed by atoms with Crippen molar-refractivity contribution in [3.05, 3.63) is 29.6 Å². The lowest BCUT2D eigenvalue weighted by Gasteiger charge is -2.37. The van der Waals surface area contributed by atoms with E-state index in [1.807, 2.05) is 0 Å². The Labute approximate surface area is 123 Å². The quantitative estimate of drug-likeness (QED) is 0.893. The highest BCUT2D eigenvalue weighted by molar-refractivity contribution is 5.94. The number of rotatable bonds is 3. The van der Waals surface area contributed by atoms with Gasteiger partial charge in [0.25, 0.3) is 0 Å². The van der Waals surface area contributed by atoms with Crippen molar-refractivity contribution in [1.29, 1.82) is 0 Å². The van der Waals surface area contributed by atoms with Gasteiger partial charge in [-0.05, 0) is 36.5 Å². The normalized spacial score (nSPS) is 20.8. The van der Waals surface area contributed by atoms with Gasteiger partial charge in [-0.1, -0.05) is 26.7 Å². The van der Waals surface area contributed by atoms with Gasteiger partial charge in [0.1, 0.15) is 5.82 Å². The molecule has 0 heterocycles. The van der Waals surface area contributed by atoms with Crippen molar-refractivity contribution in [2.45, 2.75) is 39.5 Å². The molecule has 2 rings (SSSR count). The number of nitrogens with one attached hydrogen (secondary N) is 1. The second-order valence-electron chi connectivity index (χ2n) is 6.28. The molecule has 1 aliphatic rings. The number of carbonyl (C=O) groups is 2. The topological polar surface area (TPSA) is 66.4 Å². The molecule has 2 N–H and O–H groups in total. The zero-order chi connectivity index (χ0) is 15.6. The second kappa shape index (κ2) is 5.84. The van der Waals surface area contributed by atoms with E-state index in [1.54, 1.807) is 0 Å². The minimum Gasteiger partial charge on any atom is -0.478 e. The third-order valence-corrected chi connectivity index (χ3v) is 4.30. The van der Waals surface area contributed by atoms with E-state index in [9.17, 15) is 14.0 Å². The molecule has 0 aromatic heterocycles. The van der Waals surface area contributed by atoms with E-state index in [1.165, 1.54) is 12.1 Å². The fourth-order valence-electron chi connectivity index (χ4n) is 2.95. The standard InChI is InChI=1S/C16H20FNO3/c1-16(2)8-4-3-5-11(16)14(19)18-13-7-6-10(15(20)21)9-12(13)17/h6-7,9,11H,3-5,8H2,1-2H3,(H,18,19)(H,20,21). The summed E-state index contributed by atoms with van der Waals surface area (Å²) in [7, 11) is 0. The molecular formula is C16H20FNO3. The third kappa shape index (κ3) is 3.40. The average molecular weight is 293 g/mol. The van der Waals surface area contributed by atoms with Gasteiger partial charge in [-0.3, -0.25) is 4.79 Å². The van der Waals surface area contributed by atoms with Gasteiger partial charge in [-0.15, -0.1) is 0 Å². The van der Waals surface area contributed by atoms with Crippen LogP contribution in [-0.2, 0) is 4.79 Å². The lowest BCUT2D eigenvalue weighted by Crippen LogP contribution is -2.37. The summed E-state index contributed by atoms with van der Waals surface area (Å²) in [6.07, 6.45) is 3.89. The molecule has 1 fully saturated rings. The van der Waals surface area contributed by atoms with Gasteiger partial charge in [0.05, 0.1) is 11.3 Å². The zero-order valence-electron chi connectivity index (χ0n) is 12.3. The van der Waals surface area contributed by atoms with Crippen LogP contribution >= 0.6 is 0 Å². The largest absolute Gasteiger partial charge is 0.478 e. The number of carboxylic acids is 1. The summed E-state index contributed by atoms with van der Waals surface area (Å²) >= 11 is 0. The van der Waals surface area contributed by atoms with Crippen molar-refractivity contribution in [3.8, 4) is 0 Å². The van der Waals surface area contributed by atoms with Gasteiger partial charge in [0.2, 0.25) is 5.91 Å². The number of halogens is 1. The SMILES string of the molecule is CC1(C)CCCCC1C(=O)Nc1ccc(C(=O)O)cc1F. The van der Waals surface area contributed by atoms with Crippen molar-refractivity contribution < 1.29 is 19.1 Å². The molecule has 1 aromatic rings. The minimum atomic E-state index is -1.19. The van der Waals surface area contributed by atoms with Crippen LogP contribution in [0.5, 0.6) is 0 Å². The summed E-state index contributed by atoms with van der Waals surface area (Å²) in [5.41, 5.74) is -0.199.